The van der Waals surface area contributed by atoms with E-state index in [0.29, 0.717) is 54.0 Å². The van der Waals surface area contributed by atoms with Crippen molar-refractivity contribution in [1.82, 2.24) is 15.0 Å². The fourth-order valence-electron chi connectivity index (χ4n) is 3.73. The van der Waals surface area contributed by atoms with Gasteiger partial charge in [0.05, 0.1) is 23.3 Å². The first-order chi connectivity index (χ1) is 15.1. The fourth-order valence-corrected chi connectivity index (χ4v) is 3.91. The Kier molecular flexibility index (Phi) is 5.98. The molecule has 3 aromatic rings. The minimum absolute atomic E-state index is 0.0109. The van der Waals surface area contributed by atoms with Crippen molar-refractivity contribution >= 4 is 39.8 Å². The maximum Gasteiger partial charge on any atom is 0.416 e. The maximum atomic E-state index is 13.5. The van der Waals surface area contributed by atoms with Crippen LogP contribution in [0, 0.1) is 0 Å². The lowest BCUT2D eigenvalue weighted by atomic mass is 10.0. The smallest absolute Gasteiger partial charge is 0.399 e. The molecule has 0 bridgehead atoms. The molecule has 1 atom stereocenters. The fraction of sp³-hybridized carbons (Fsp3) is 0.381. The number of hydrogen-bond acceptors (Lipinski definition) is 6. The Balaban J connectivity index is 1.68. The summed E-state index contributed by atoms with van der Waals surface area (Å²) in [5.41, 5.74) is 5.71. The predicted octanol–water partition coefficient (Wildman–Crippen LogP) is 5.39. The Morgan fingerprint density at radius 2 is 1.88 bits per heavy atom. The van der Waals surface area contributed by atoms with E-state index in [0.717, 1.165) is 12.1 Å². The number of pyridine rings is 1. The number of hydrogen-bond donors (Lipinski definition) is 2. The number of aromatic nitrogens is 3. The van der Waals surface area contributed by atoms with Crippen molar-refractivity contribution in [3.8, 4) is 0 Å². The Bertz CT molecular complexity index is 1130. The molecule has 0 spiro atoms. The van der Waals surface area contributed by atoms with Crippen LogP contribution in [0.4, 0.5) is 34.9 Å². The summed E-state index contributed by atoms with van der Waals surface area (Å²) in [5, 5.41) is 3.70. The number of anilines is 3. The molecule has 3 heterocycles. The molecule has 1 aliphatic heterocycles. The van der Waals surface area contributed by atoms with Crippen LogP contribution in [0.2, 0.25) is 5.28 Å². The largest absolute Gasteiger partial charge is 0.416 e. The highest BCUT2D eigenvalue weighted by atomic mass is 35.5. The molecule has 2 aromatic heterocycles. The van der Waals surface area contributed by atoms with E-state index in [1.54, 1.807) is 19.2 Å². The lowest BCUT2D eigenvalue weighted by molar-refractivity contribution is -0.137. The van der Waals surface area contributed by atoms with Crippen LogP contribution < -0.4 is 16.0 Å². The number of fused-ring (bicyclic) bond motifs is 1. The molecule has 3 N–H and O–H groups in total. The number of piperidine rings is 1. The average molecular weight is 469 g/mol. The summed E-state index contributed by atoms with van der Waals surface area (Å²) < 4.78 is 53.1. The van der Waals surface area contributed by atoms with E-state index >= 15 is 0 Å². The van der Waals surface area contributed by atoms with Gasteiger partial charge < -0.3 is 16.0 Å². The Hall–Kier alpha value is -2.88. The van der Waals surface area contributed by atoms with E-state index in [2.05, 4.69) is 20.3 Å². The zero-order valence-corrected chi connectivity index (χ0v) is 17.9. The monoisotopic (exact) mass is 468 g/mol. The summed E-state index contributed by atoms with van der Waals surface area (Å²) in [6.45, 7) is 2.78. The number of nitrogens with zero attached hydrogens (tertiary/aromatic N) is 4. The first-order valence-electron chi connectivity index (χ1n) is 10.1. The van der Waals surface area contributed by atoms with Crippen LogP contribution in [0.1, 0.15) is 36.9 Å². The van der Waals surface area contributed by atoms with Gasteiger partial charge in [-0.2, -0.15) is 13.2 Å². The molecule has 170 valence electrons. The van der Waals surface area contributed by atoms with Crippen LogP contribution in [0.5, 0.6) is 0 Å². The molecule has 6 nitrogen and oxygen atoms in total. The molecule has 32 heavy (non-hydrogen) atoms. The molecule has 1 saturated heterocycles. The third kappa shape index (κ3) is 4.79. The molecule has 0 amide bonds. The summed E-state index contributed by atoms with van der Waals surface area (Å²) in [7, 11) is 0. The van der Waals surface area contributed by atoms with Crippen molar-refractivity contribution in [2.24, 2.45) is 0 Å². The molecule has 1 aliphatic rings. The Morgan fingerprint density at radius 1 is 1.16 bits per heavy atom. The number of benzene rings is 1. The molecule has 4 rings (SSSR count). The van der Waals surface area contributed by atoms with Crippen molar-refractivity contribution in [2.75, 3.05) is 29.0 Å². The molecular weight excluding hydrogens is 448 g/mol. The maximum absolute atomic E-state index is 13.5. The summed E-state index contributed by atoms with van der Waals surface area (Å²) in [6, 6.07) is 4.64. The molecule has 11 heteroatoms. The van der Waals surface area contributed by atoms with Gasteiger partial charge in [0.1, 0.15) is 17.8 Å². The van der Waals surface area contributed by atoms with Crippen LogP contribution >= 0.6 is 11.6 Å². The minimum atomic E-state index is -4.51. The highest BCUT2D eigenvalue weighted by Gasteiger charge is 2.31. The Labute approximate surface area is 186 Å². The highest BCUT2D eigenvalue weighted by Crippen LogP contribution is 2.34. The van der Waals surface area contributed by atoms with Crippen LogP contribution in [0.15, 0.2) is 30.5 Å². The molecule has 0 radical (unpaired) electrons. The quantitative estimate of drug-likeness (QED) is 0.303. The van der Waals surface area contributed by atoms with Gasteiger partial charge >= 0.3 is 6.18 Å². The summed E-state index contributed by atoms with van der Waals surface area (Å²) in [4.78, 5) is 14.8. The number of nitrogens with two attached hydrogens (primary N) is 1. The number of nitrogen functional groups attached to an aromatic ring is 1. The first kappa shape index (κ1) is 22.3. The minimum Gasteiger partial charge on any atom is -0.399 e. The van der Waals surface area contributed by atoms with Gasteiger partial charge in [0.15, 0.2) is 0 Å². The molecule has 1 aromatic carbocycles. The first-order valence-corrected chi connectivity index (χ1v) is 10.4. The summed E-state index contributed by atoms with van der Waals surface area (Å²) in [6.07, 6.45) is -2.92. The van der Waals surface area contributed by atoms with E-state index in [4.69, 9.17) is 17.3 Å². The van der Waals surface area contributed by atoms with Gasteiger partial charge in [-0.3, -0.25) is 0 Å². The lowest BCUT2D eigenvalue weighted by Crippen LogP contribution is -2.34. The lowest BCUT2D eigenvalue weighted by Gasteiger charge is -2.29. The average Bonchev–Trinajstić information content (AvgIpc) is 2.73. The SMILES string of the molecule is CC(Nc1nc(Cl)nc2cnc(N3CCC(F)CC3)cc12)c1cc(N)cc(C(F)(F)F)c1. The Morgan fingerprint density at radius 3 is 2.56 bits per heavy atom. The second kappa shape index (κ2) is 8.57. The van der Waals surface area contributed by atoms with Crippen molar-refractivity contribution < 1.29 is 17.6 Å². The zero-order chi connectivity index (χ0) is 23.0. The topological polar surface area (TPSA) is 80.0 Å². The summed E-state index contributed by atoms with van der Waals surface area (Å²) >= 11 is 6.06. The van der Waals surface area contributed by atoms with Crippen LogP contribution in [0.3, 0.4) is 0 Å². The van der Waals surface area contributed by atoms with Crippen molar-refractivity contribution in [2.45, 2.75) is 38.2 Å². The van der Waals surface area contributed by atoms with Crippen molar-refractivity contribution in [3.63, 3.8) is 0 Å². The van der Waals surface area contributed by atoms with Crippen LogP contribution in [-0.4, -0.2) is 34.2 Å². The van der Waals surface area contributed by atoms with Gasteiger partial charge in [0.25, 0.3) is 0 Å². The number of alkyl halides is 4. The number of halogens is 5. The number of nitrogens with one attached hydrogen (secondary N) is 1. The van der Waals surface area contributed by atoms with Gasteiger partial charge in [0, 0.05) is 24.2 Å². The van der Waals surface area contributed by atoms with E-state index < -0.39 is 24.0 Å². The van der Waals surface area contributed by atoms with Crippen LogP contribution in [0.25, 0.3) is 10.9 Å². The highest BCUT2D eigenvalue weighted by molar-refractivity contribution is 6.28. The molecule has 0 aliphatic carbocycles. The molecular formula is C21H21ClF4N6. The zero-order valence-electron chi connectivity index (χ0n) is 17.1. The van der Waals surface area contributed by atoms with Crippen molar-refractivity contribution in [1.29, 1.82) is 0 Å². The second-order valence-corrected chi connectivity index (χ2v) is 8.15. The standard InChI is InChI=1S/C21H21ClF4N6/c1-11(12-6-13(21(24,25)26)8-15(27)7-12)29-19-16-9-18(32-4-2-14(23)3-5-32)28-10-17(16)30-20(22)31-19/h6-11,14H,2-5,27H2,1H3,(H,29,30,31). The normalized spacial score (nSPS) is 16.4. The van der Waals surface area contributed by atoms with E-state index in [-0.39, 0.29) is 11.0 Å². The van der Waals surface area contributed by atoms with Gasteiger partial charge in [0.2, 0.25) is 5.28 Å². The van der Waals surface area contributed by atoms with E-state index in [1.165, 1.54) is 6.07 Å². The van der Waals surface area contributed by atoms with E-state index in [1.807, 2.05) is 4.90 Å². The summed E-state index contributed by atoms with van der Waals surface area (Å²) in [5.74, 6) is 1.00. The second-order valence-electron chi connectivity index (χ2n) is 7.81. The van der Waals surface area contributed by atoms with Gasteiger partial charge in [-0.1, -0.05) is 0 Å². The molecule has 1 fully saturated rings. The third-order valence-corrected chi connectivity index (χ3v) is 5.62. The molecule has 0 saturated carbocycles. The van der Waals surface area contributed by atoms with Crippen molar-refractivity contribution in [3.05, 3.63) is 46.9 Å². The molecule has 1 unspecified atom stereocenters. The third-order valence-electron chi connectivity index (χ3n) is 5.45. The van der Waals surface area contributed by atoms with Gasteiger partial charge in [-0.15, -0.1) is 0 Å². The van der Waals surface area contributed by atoms with E-state index in [9.17, 15) is 17.6 Å². The number of rotatable bonds is 4. The van der Waals surface area contributed by atoms with Crippen LogP contribution in [-0.2, 0) is 6.18 Å². The van der Waals surface area contributed by atoms with Gasteiger partial charge in [-0.05, 0) is 61.2 Å². The van der Waals surface area contributed by atoms with Gasteiger partial charge in [-0.25, -0.2) is 19.3 Å². The predicted molar refractivity (Wildman–Crippen MR) is 117 cm³/mol.